The van der Waals surface area contributed by atoms with E-state index in [1.54, 1.807) is 30.3 Å². The SMILES string of the molecule is CC(=O)Nc1ccc(C(=O)COC(=O)c2ccc3ccccc3c2O)c(F)c1. The molecule has 0 atom stereocenters. The van der Waals surface area contributed by atoms with Crippen molar-refractivity contribution in [3.63, 3.8) is 0 Å². The Balaban J connectivity index is 1.72. The summed E-state index contributed by atoms with van der Waals surface area (Å²) in [5.74, 6) is -3.11. The number of ketones is 1. The Bertz CT molecular complexity index is 1090. The summed E-state index contributed by atoms with van der Waals surface area (Å²) >= 11 is 0. The van der Waals surface area contributed by atoms with Crippen LogP contribution in [-0.2, 0) is 9.53 Å². The maximum absolute atomic E-state index is 14.1. The number of aromatic hydroxyl groups is 1. The Morgan fingerprint density at radius 2 is 1.75 bits per heavy atom. The molecule has 0 aliphatic rings. The van der Waals surface area contributed by atoms with Gasteiger partial charge in [-0.1, -0.05) is 30.3 Å². The number of phenols is 1. The molecule has 0 radical (unpaired) electrons. The van der Waals surface area contributed by atoms with Crippen LogP contribution < -0.4 is 5.32 Å². The summed E-state index contributed by atoms with van der Waals surface area (Å²) in [6.07, 6.45) is 0. The van der Waals surface area contributed by atoms with Gasteiger partial charge in [-0.05, 0) is 29.7 Å². The van der Waals surface area contributed by atoms with Gasteiger partial charge in [0, 0.05) is 18.0 Å². The van der Waals surface area contributed by atoms with Crippen molar-refractivity contribution in [1.82, 2.24) is 0 Å². The number of hydrogen-bond donors (Lipinski definition) is 2. The number of carbonyl (C=O) groups excluding carboxylic acids is 3. The number of ether oxygens (including phenoxy) is 1. The minimum absolute atomic E-state index is 0.0898. The van der Waals surface area contributed by atoms with Crippen molar-refractivity contribution in [3.05, 3.63) is 71.5 Å². The Kier molecular flexibility index (Phi) is 5.35. The van der Waals surface area contributed by atoms with Crippen LogP contribution in [0.15, 0.2) is 54.6 Å². The molecule has 3 aromatic carbocycles. The van der Waals surface area contributed by atoms with Crippen molar-refractivity contribution < 1.29 is 28.6 Å². The molecule has 0 saturated heterocycles. The molecule has 0 aliphatic heterocycles. The van der Waals surface area contributed by atoms with Crippen LogP contribution in [0.2, 0.25) is 0 Å². The van der Waals surface area contributed by atoms with E-state index < -0.39 is 24.2 Å². The number of amides is 1. The molecule has 0 fully saturated rings. The lowest BCUT2D eigenvalue weighted by Gasteiger charge is -2.09. The normalized spacial score (nSPS) is 10.5. The van der Waals surface area contributed by atoms with Crippen LogP contribution in [0.3, 0.4) is 0 Å². The molecular weight excluding hydrogens is 365 g/mol. The van der Waals surface area contributed by atoms with Crippen molar-refractivity contribution >= 4 is 34.1 Å². The highest BCUT2D eigenvalue weighted by Gasteiger charge is 2.19. The van der Waals surface area contributed by atoms with E-state index in [1.807, 2.05) is 0 Å². The van der Waals surface area contributed by atoms with E-state index in [2.05, 4.69) is 5.32 Å². The van der Waals surface area contributed by atoms with Crippen LogP contribution in [0, 0.1) is 5.82 Å². The number of phenolic OH excluding ortho intramolecular Hbond substituents is 1. The molecule has 28 heavy (non-hydrogen) atoms. The van der Waals surface area contributed by atoms with E-state index in [-0.39, 0.29) is 28.5 Å². The van der Waals surface area contributed by atoms with Crippen molar-refractivity contribution in [2.75, 3.05) is 11.9 Å². The molecule has 0 heterocycles. The van der Waals surface area contributed by atoms with E-state index in [9.17, 15) is 23.9 Å². The molecule has 0 bridgehead atoms. The maximum Gasteiger partial charge on any atom is 0.342 e. The van der Waals surface area contributed by atoms with E-state index in [1.165, 1.54) is 25.1 Å². The molecule has 3 rings (SSSR count). The number of rotatable bonds is 5. The monoisotopic (exact) mass is 381 g/mol. The molecule has 0 spiro atoms. The zero-order valence-electron chi connectivity index (χ0n) is 14.9. The second-order valence-corrected chi connectivity index (χ2v) is 6.06. The van der Waals surface area contributed by atoms with Gasteiger partial charge in [-0.15, -0.1) is 0 Å². The van der Waals surface area contributed by atoms with Crippen molar-refractivity contribution in [2.24, 2.45) is 0 Å². The van der Waals surface area contributed by atoms with Crippen molar-refractivity contribution in [1.29, 1.82) is 0 Å². The second-order valence-electron chi connectivity index (χ2n) is 6.06. The summed E-state index contributed by atoms with van der Waals surface area (Å²) in [5, 5.41) is 13.9. The smallest absolute Gasteiger partial charge is 0.342 e. The van der Waals surface area contributed by atoms with Gasteiger partial charge in [-0.25, -0.2) is 9.18 Å². The molecular formula is C21H16FNO5. The Labute approximate surface area is 159 Å². The van der Waals surface area contributed by atoms with E-state index in [4.69, 9.17) is 4.74 Å². The average Bonchev–Trinajstić information content (AvgIpc) is 2.66. The van der Waals surface area contributed by atoms with Gasteiger partial charge in [0.25, 0.3) is 0 Å². The molecule has 2 N–H and O–H groups in total. The summed E-state index contributed by atoms with van der Waals surface area (Å²) in [6, 6.07) is 13.6. The molecule has 0 saturated carbocycles. The third-order valence-electron chi connectivity index (χ3n) is 4.04. The Morgan fingerprint density at radius 3 is 2.46 bits per heavy atom. The number of esters is 1. The van der Waals surface area contributed by atoms with E-state index >= 15 is 0 Å². The molecule has 1 amide bonds. The van der Waals surface area contributed by atoms with Crippen LogP contribution in [0.25, 0.3) is 10.8 Å². The number of anilines is 1. The van der Waals surface area contributed by atoms with Crippen molar-refractivity contribution in [2.45, 2.75) is 6.92 Å². The summed E-state index contributed by atoms with van der Waals surface area (Å²) < 4.78 is 19.0. The third kappa shape index (κ3) is 3.98. The highest BCUT2D eigenvalue weighted by Crippen LogP contribution is 2.29. The summed E-state index contributed by atoms with van der Waals surface area (Å²) in [4.78, 5) is 35.4. The molecule has 0 aromatic heterocycles. The molecule has 6 nitrogen and oxygen atoms in total. The minimum atomic E-state index is -0.896. The van der Waals surface area contributed by atoms with Gasteiger partial charge in [0.15, 0.2) is 6.61 Å². The highest BCUT2D eigenvalue weighted by molar-refractivity contribution is 6.03. The average molecular weight is 381 g/mol. The summed E-state index contributed by atoms with van der Waals surface area (Å²) in [6.45, 7) is 0.583. The lowest BCUT2D eigenvalue weighted by Crippen LogP contribution is -2.16. The van der Waals surface area contributed by atoms with Crippen LogP contribution in [0.5, 0.6) is 5.75 Å². The maximum atomic E-state index is 14.1. The highest BCUT2D eigenvalue weighted by atomic mass is 19.1. The molecule has 3 aromatic rings. The Hall–Kier alpha value is -3.74. The summed E-state index contributed by atoms with van der Waals surface area (Å²) in [5.41, 5.74) is -0.155. The third-order valence-corrected chi connectivity index (χ3v) is 4.04. The topological polar surface area (TPSA) is 92.7 Å². The number of carbonyl (C=O) groups is 3. The summed E-state index contributed by atoms with van der Waals surface area (Å²) in [7, 11) is 0. The zero-order chi connectivity index (χ0) is 20.3. The first-order valence-electron chi connectivity index (χ1n) is 8.35. The van der Waals surface area contributed by atoms with E-state index in [0.717, 1.165) is 11.5 Å². The van der Waals surface area contributed by atoms with Gasteiger partial charge in [0.1, 0.15) is 17.1 Å². The second kappa shape index (κ2) is 7.87. The fourth-order valence-electron chi connectivity index (χ4n) is 2.73. The van der Waals surface area contributed by atoms with Gasteiger partial charge in [-0.2, -0.15) is 0 Å². The van der Waals surface area contributed by atoms with Gasteiger partial charge in [0.05, 0.1) is 5.56 Å². The lowest BCUT2D eigenvalue weighted by molar-refractivity contribution is -0.114. The van der Waals surface area contributed by atoms with Gasteiger partial charge in [-0.3, -0.25) is 9.59 Å². The molecule has 0 aliphatic carbocycles. The first kappa shape index (κ1) is 19.0. The first-order valence-corrected chi connectivity index (χ1v) is 8.35. The lowest BCUT2D eigenvalue weighted by atomic mass is 10.1. The number of fused-ring (bicyclic) bond motifs is 1. The fraction of sp³-hybridized carbons (Fsp3) is 0.0952. The first-order chi connectivity index (χ1) is 13.4. The number of hydrogen-bond acceptors (Lipinski definition) is 5. The number of halogens is 1. The van der Waals surface area contributed by atoms with E-state index in [0.29, 0.717) is 5.39 Å². The minimum Gasteiger partial charge on any atom is -0.506 e. The van der Waals surface area contributed by atoms with Gasteiger partial charge < -0.3 is 15.2 Å². The predicted molar refractivity (Wildman–Crippen MR) is 101 cm³/mol. The van der Waals surface area contributed by atoms with Crippen LogP contribution in [-0.4, -0.2) is 29.4 Å². The number of Topliss-reactive ketones (excluding diaryl/α,β-unsaturated/α-hetero) is 1. The quantitative estimate of drug-likeness (QED) is 0.519. The predicted octanol–water partition coefficient (Wildman–Crippen LogP) is 3.68. The van der Waals surface area contributed by atoms with Crippen LogP contribution in [0.1, 0.15) is 27.6 Å². The molecule has 0 unspecified atom stereocenters. The zero-order valence-corrected chi connectivity index (χ0v) is 14.9. The van der Waals surface area contributed by atoms with Gasteiger partial charge in [0.2, 0.25) is 11.7 Å². The molecule has 142 valence electrons. The number of nitrogens with one attached hydrogen (secondary N) is 1. The molecule has 7 heteroatoms. The Morgan fingerprint density at radius 1 is 1.04 bits per heavy atom. The largest absolute Gasteiger partial charge is 0.506 e. The number of benzene rings is 3. The van der Waals surface area contributed by atoms with Crippen LogP contribution >= 0.6 is 0 Å². The standard InChI is InChI=1S/C21H16FNO5/c1-12(24)23-14-7-9-16(18(22)10-14)19(25)11-28-21(27)17-8-6-13-4-2-3-5-15(13)20(17)26/h2-10,26H,11H2,1H3,(H,23,24). The van der Waals surface area contributed by atoms with Gasteiger partial charge >= 0.3 is 5.97 Å². The fourth-order valence-corrected chi connectivity index (χ4v) is 2.73. The van der Waals surface area contributed by atoms with Crippen LogP contribution in [0.4, 0.5) is 10.1 Å². The van der Waals surface area contributed by atoms with Crippen molar-refractivity contribution in [3.8, 4) is 5.75 Å².